The molecule has 1 aromatic rings. The second-order valence-corrected chi connectivity index (χ2v) is 4.99. The van der Waals surface area contributed by atoms with Crippen LogP contribution in [0.2, 0.25) is 0 Å². The van der Waals surface area contributed by atoms with Crippen molar-refractivity contribution in [3.8, 4) is 0 Å². The van der Waals surface area contributed by atoms with Gasteiger partial charge in [-0.05, 0) is 6.42 Å². The lowest BCUT2D eigenvalue weighted by Crippen LogP contribution is -2.44. The van der Waals surface area contributed by atoms with Gasteiger partial charge in [-0.15, -0.1) is 17.9 Å². The van der Waals surface area contributed by atoms with E-state index in [0.717, 1.165) is 11.4 Å². The molecule has 0 aliphatic rings. The topological polar surface area (TPSA) is 88.5 Å². The molecule has 0 saturated heterocycles. The molecule has 1 atom stereocenters. The first-order valence-corrected chi connectivity index (χ1v) is 7.08. The maximum Gasteiger partial charge on any atom is 0.328 e. The van der Waals surface area contributed by atoms with E-state index in [4.69, 9.17) is 9.84 Å². The number of amides is 1. The third-order valence-corrected chi connectivity index (χ3v) is 3.44. The number of rotatable bonds is 9. The largest absolute Gasteiger partial charge is 0.480 e. The summed E-state index contributed by atoms with van der Waals surface area (Å²) in [6.07, 6.45) is 2.41. The van der Waals surface area contributed by atoms with Crippen LogP contribution in [0.5, 0.6) is 0 Å². The van der Waals surface area contributed by atoms with Gasteiger partial charge in [0.1, 0.15) is 0 Å². The molecule has 0 aromatic carbocycles. The van der Waals surface area contributed by atoms with Crippen molar-refractivity contribution in [3.63, 3.8) is 0 Å². The average molecular weight is 298 g/mol. The molecular formula is C13H18N2O4S. The van der Waals surface area contributed by atoms with Crippen molar-refractivity contribution >= 4 is 23.2 Å². The maximum atomic E-state index is 11.8. The number of carbonyl (C=O) groups excluding carboxylic acids is 1. The Morgan fingerprint density at radius 2 is 2.40 bits per heavy atom. The van der Waals surface area contributed by atoms with E-state index in [-0.39, 0.29) is 25.5 Å². The highest BCUT2D eigenvalue weighted by Crippen LogP contribution is 2.10. The first kappa shape index (κ1) is 16.3. The van der Waals surface area contributed by atoms with Gasteiger partial charge in [0.05, 0.1) is 30.3 Å². The zero-order chi connectivity index (χ0) is 15.0. The number of aromatic nitrogens is 1. The molecule has 2 N–H and O–H groups in total. The lowest BCUT2D eigenvalue weighted by Gasteiger charge is -2.13. The third kappa shape index (κ3) is 5.50. The van der Waals surface area contributed by atoms with Gasteiger partial charge in [-0.3, -0.25) is 4.79 Å². The van der Waals surface area contributed by atoms with Crippen LogP contribution >= 0.6 is 11.3 Å². The van der Waals surface area contributed by atoms with Crippen LogP contribution in [-0.4, -0.2) is 41.2 Å². The fourth-order valence-corrected chi connectivity index (χ4v) is 2.19. The molecule has 1 heterocycles. The van der Waals surface area contributed by atoms with Crippen LogP contribution in [0.4, 0.5) is 0 Å². The van der Waals surface area contributed by atoms with Gasteiger partial charge in [0.25, 0.3) is 0 Å². The Balaban J connectivity index is 2.48. The highest BCUT2D eigenvalue weighted by atomic mass is 32.1. The van der Waals surface area contributed by atoms with Crippen LogP contribution < -0.4 is 5.32 Å². The number of carboxylic acids is 1. The second-order valence-electron chi connectivity index (χ2n) is 4.05. The smallest absolute Gasteiger partial charge is 0.328 e. The van der Waals surface area contributed by atoms with Gasteiger partial charge in [-0.2, -0.15) is 0 Å². The minimum Gasteiger partial charge on any atom is -0.480 e. The summed E-state index contributed by atoms with van der Waals surface area (Å²) in [7, 11) is 0. The Bertz CT molecular complexity index is 473. The highest BCUT2D eigenvalue weighted by molar-refractivity contribution is 7.09. The number of nitrogens with zero attached hydrogens (tertiary/aromatic N) is 1. The molecule has 20 heavy (non-hydrogen) atoms. The molecule has 1 rings (SSSR count). The van der Waals surface area contributed by atoms with Gasteiger partial charge in [0.2, 0.25) is 5.91 Å². The summed E-state index contributed by atoms with van der Waals surface area (Å²) in [4.78, 5) is 27.0. The number of aliphatic carboxylic acids is 1. The van der Waals surface area contributed by atoms with E-state index in [1.165, 1.54) is 17.4 Å². The highest BCUT2D eigenvalue weighted by Gasteiger charge is 2.20. The third-order valence-electron chi connectivity index (χ3n) is 2.40. The second kappa shape index (κ2) is 8.44. The fraction of sp³-hybridized carbons (Fsp3) is 0.462. The van der Waals surface area contributed by atoms with E-state index in [9.17, 15) is 9.59 Å². The normalized spacial score (nSPS) is 11.8. The van der Waals surface area contributed by atoms with Crippen LogP contribution in [0.3, 0.4) is 0 Å². The number of carboxylic acid groups (broad SMARTS) is 1. The number of nitrogens with one attached hydrogen (secondary N) is 1. The van der Waals surface area contributed by atoms with Crippen molar-refractivity contribution in [1.82, 2.24) is 10.3 Å². The molecule has 1 aromatic heterocycles. The van der Waals surface area contributed by atoms with Crippen molar-refractivity contribution in [2.75, 3.05) is 13.2 Å². The quantitative estimate of drug-likeness (QED) is 0.525. The summed E-state index contributed by atoms with van der Waals surface area (Å²) in [6, 6.07) is -1.06. The Kier molecular flexibility index (Phi) is 6.89. The van der Waals surface area contributed by atoms with Crippen LogP contribution in [-0.2, 0) is 27.2 Å². The summed E-state index contributed by atoms with van der Waals surface area (Å²) in [6.45, 7) is 5.60. The van der Waals surface area contributed by atoms with Crippen molar-refractivity contribution in [2.24, 2.45) is 0 Å². The molecule has 0 aliphatic heterocycles. The molecule has 0 spiro atoms. The van der Waals surface area contributed by atoms with E-state index >= 15 is 0 Å². The Morgan fingerprint density at radius 1 is 1.65 bits per heavy atom. The van der Waals surface area contributed by atoms with Gasteiger partial charge in [0, 0.05) is 5.38 Å². The predicted octanol–water partition coefficient (Wildman–Crippen LogP) is 1.02. The van der Waals surface area contributed by atoms with Crippen LogP contribution in [0.25, 0.3) is 0 Å². The Labute approximate surface area is 121 Å². The number of carbonyl (C=O) groups is 2. The standard InChI is InChI=1S/C13H18N2O4S/c1-3-5-19-7-10(13(17)18)15-11(16)6-9-8-20-12(4-2)14-9/h3,8,10H,1,4-7H2,2H3,(H,15,16)(H,17,18). The Hall–Kier alpha value is -1.73. The van der Waals surface area contributed by atoms with Crippen molar-refractivity contribution in [2.45, 2.75) is 25.8 Å². The fourth-order valence-electron chi connectivity index (χ4n) is 1.45. The molecule has 1 unspecified atom stereocenters. The monoisotopic (exact) mass is 298 g/mol. The molecule has 0 fully saturated rings. The van der Waals surface area contributed by atoms with Crippen LogP contribution in [0, 0.1) is 0 Å². The SMILES string of the molecule is C=CCOCC(NC(=O)Cc1csc(CC)n1)C(=O)O. The molecule has 0 aliphatic carbocycles. The molecule has 1 amide bonds. The summed E-state index contributed by atoms with van der Waals surface area (Å²) in [5.74, 6) is -1.51. The van der Waals surface area contributed by atoms with Gasteiger partial charge in [0.15, 0.2) is 6.04 Å². The minimum absolute atomic E-state index is 0.0712. The summed E-state index contributed by atoms with van der Waals surface area (Å²) in [5.41, 5.74) is 0.653. The molecule has 7 heteroatoms. The number of aryl methyl sites for hydroxylation is 1. The predicted molar refractivity (Wildman–Crippen MR) is 75.8 cm³/mol. The van der Waals surface area contributed by atoms with Gasteiger partial charge in [-0.25, -0.2) is 9.78 Å². The van der Waals surface area contributed by atoms with Gasteiger partial charge < -0.3 is 15.2 Å². The van der Waals surface area contributed by atoms with Crippen molar-refractivity contribution in [3.05, 3.63) is 28.7 Å². The van der Waals surface area contributed by atoms with Crippen LogP contribution in [0.1, 0.15) is 17.6 Å². The van der Waals surface area contributed by atoms with Crippen LogP contribution in [0.15, 0.2) is 18.0 Å². The van der Waals surface area contributed by atoms with E-state index in [2.05, 4.69) is 16.9 Å². The number of hydrogen-bond donors (Lipinski definition) is 2. The molecule has 110 valence electrons. The van der Waals surface area contributed by atoms with Crippen molar-refractivity contribution < 1.29 is 19.4 Å². The molecular weight excluding hydrogens is 280 g/mol. The minimum atomic E-state index is -1.13. The number of hydrogen-bond acceptors (Lipinski definition) is 5. The maximum absolute atomic E-state index is 11.8. The zero-order valence-electron chi connectivity index (χ0n) is 11.3. The molecule has 0 bridgehead atoms. The van der Waals surface area contributed by atoms with Gasteiger partial charge >= 0.3 is 5.97 Å². The molecule has 6 nitrogen and oxygen atoms in total. The summed E-state index contributed by atoms with van der Waals surface area (Å²) in [5, 5.41) is 14.2. The number of ether oxygens (including phenoxy) is 1. The van der Waals surface area contributed by atoms with Crippen molar-refractivity contribution in [1.29, 1.82) is 0 Å². The average Bonchev–Trinajstić information content (AvgIpc) is 2.85. The zero-order valence-corrected chi connectivity index (χ0v) is 12.1. The van der Waals surface area contributed by atoms with E-state index in [1.807, 2.05) is 12.3 Å². The van der Waals surface area contributed by atoms with E-state index in [0.29, 0.717) is 5.69 Å². The summed E-state index contributed by atoms with van der Waals surface area (Å²) >= 11 is 1.49. The van der Waals surface area contributed by atoms with E-state index < -0.39 is 12.0 Å². The van der Waals surface area contributed by atoms with E-state index in [1.54, 1.807) is 0 Å². The lowest BCUT2D eigenvalue weighted by molar-refractivity contribution is -0.143. The Morgan fingerprint density at radius 3 is 2.95 bits per heavy atom. The lowest BCUT2D eigenvalue weighted by atomic mass is 10.2. The summed E-state index contributed by atoms with van der Waals surface area (Å²) < 4.78 is 5.05. The first-order chi connectivity index (χ1) is 9.56. The first-order valence-electron chi connectivity index (χ1n) is 6.20. The number of thiazole rings is 1. The van der Waals surface area contributed by atoms with Gasteiger partial charge in [-0.1, -0.05) is 13.0 Å². The molecule has 0 radical (unpaired) electrons. The molecule has 0 saturated carbocycles.